The van der Waals surface area contributed by atoms with Crippen LogP contribution >= 0.6 is 0 Å². The largest absolute Gasteiger partial charge is 0.497 e. The molecule has 1 aromatic carbocycles. The van der Waals surface area contributed by atoms with Crippen LogP contribution < -0.4 is 20.9 Å². The molecule has 1 saturated heterocycles. The van der Waals surface area contributed by atoms with Crippen molar-refractivity contribution in [2.75, 3.05) is 32.6 Å². The Morgan fingerprint density at radius 1 is 1.41 bits per heavy atom. The number of carbonyl (C=O) groups is 1. The fraction of sp³-hybridized carbons (Fsp3) is 0.471. The first-order valence-corrected chi connectivity index (χ1v) is 10.1. The number of aliphatic hydroxyl groups excluding tert-OH is 1. The van der Waals surface area contributed by atoms with E-state index in [9.17, 15) is 22.9 Å². The molecule has 1 aromatic rings. The van der Waals surface area contributed by atoms with Gasteiger partial charge in [-0.2, -0.15) is 8.42 Å². The van der Waals surface area contributed by atoms with Crippen LogP contribution in [0.15, 0.2) is 18.2 Å². The number of primary amides is 1. The van der Waals surface area contributed by atoms with Crippen molar-refractivity contribution in [1.29, 1.82) is 0 Å². The standard InChI is InChI=1S/C17H22N2O7S/c1-25-13-3-2-11-6-12(14(11)7-13)8-19(10-27(22,23)24)5-4-15(20)16(9-19)26-17(18)21/h2-3,6-7,15-16,20H,4-5,8-10H2,1H3,(H2-,18,21,22,23,24)/p+1. The van der Waals surface area contributed by atoms with E-state index in [4.69, 9.17) is 15.2 Å². The summed E-state index contributed by atoms with van der Waals surface area (Å²) >= 11 is 0. The van der Waals surface area contributed by atoms with Gasteiger partial charge >= 0.3 is 16.2 Å². The van der Waals surface area contributed by atoms with E-state index in [0.717, 1.165) is 16.0 Å². The van der Waals surface area contributed by atoms with Crippen LogP contribution in [0.25, 0.3) is 11.6 Å². The Labute approximate surface area is 156 Å². The van der Waals surface area contributed by atoms with Crippen LogP contribution in [-0.4, -0.2) is 73.5 Å². The Hall–Kier alpha value is -2.14. The maximum Gasteiger partial charge on any atom is 0.405 e. The Kier molecular flexibility index (Phi) is 5.17. The molecule has 0 bridgehead atoms. The van der Waals surface area contributed by atoms with Crippen LogP contribution in [0.4, 0.5) is 4.79 Å². The van der Waals surface area contributed by atoms with Gasteiger partial charge in [0.2, 0.25) is 5.88 Å². The summed E-state index contributed by atoms with van der Waals surface area (Å²) < 4.78 is 42.9. The Balaban J connectivity index is 1.94. The third-order valence-corrected chi connectivity index (χ3v) is 5.92. The molecule has 3 rings (SSSR count). The van der Waals surface area contributed by atoms with Gasteiger partial charge in [0.15, 0.2) is 6.10 Å². The SMILES string of the molecule is COc1ccc2c(c1)=C(C[N+]1(CS(=O)(=O)O)CCC(O)C(OC(N)=O)C1)C=2. The fourth-order valence-electron chi connectivity index (χ4n) is 3.85. The van der Waals surface area contributed by atoms with Crippen LogP contribution in [0.2, 0.25) is 0 Å². The third-order valence-electron chi connectivity index (χ3n) is 5.04. The highest BCUT2D eigenvalue weighted by Gasteiger charge is 2.44. The monoisotopic (exact) mass is 399 g/mol. The van der Waals surface area contributed by atoms with E-state index >= 15 is 0 Å². The van der Waals surface area contributed by atoms with E-state index in [1.54, 1.807) is 7.11 Å². The molecule has 148 valence electrons. The molecular formula is C17H23N2O7S+. The Morgan fingerprint density at radius 2 is 2.15 bits per heavy atom. The third kappa shape index (κ3) is 4.41. The van der Waals surface area contributed by atoms with E-state index in [1.165, 1.54) is 0 Å². The van der Waals surface area contributed by atoms with Gasteiger partial charge < -0.3 is 24.8 Å². The number of nitrogens with zero attached hydrogens (tertiary/aromatic N) is 1. The summed E-state index contributed by atoms with van der Waals surface area (Å²) in [5.74, 6) is 0.138. The first kappa shape index (κ1) is 19.6. The number of carbonyl (C=O) groups excluding carboxylic acids is 1. The van der Waals surface area contributed by atoms with Crippen LogP contribution in [0, 0.1) is 0 Å². The van der Waals surface area contributed by atoms with Gasteiger partial charge in [-0.25, -0.2) is 4.79 Å². The quantitative estimate of drug-likeness (QED) is 0.392. The molecule has 3 atom stereocenters. The first-order valence-electron chi connectivity index (χ1n) is 8.44. The maximum atomic E-state index is 11.7. The molecule has 10 heteroatoms. The minimum absolute atomic E-state index is 0.0283. The van der Waals surface area contributed by atoms with Crippen molar-refractivity contribution >= 4 is 27.9 Å². The molecule has 0 aromatic heterocycles. The molecule has 1 aliphatic carbocycles. The smallest absolute Gasteiger partial charge is 0.405 e. The zero-order chi connectivity index (χ0) is 19.8. The highest BCUT2D eigenvalue weighted by atomic mass is 32.2. The van der Waals surface area contributed by atoms with Gasteiger partial charge in [-0.3, -0.25) is 4.55 Å². The van der Waals surface area contributed by atoms with Crippen LogP contribution in [0.1, 0.15) is 6.42 Å². The van der Waals surface area contributed by atoms with Crippen molar-refractivity contribution in [3.63, 3.8) is 0 Å². The maximum absolute atomic E-state index is 11.7. The molecule has 3 unspecified atom stereocenters. The van der Waals surface area contributed by atoms with Crippen molar-refractivity contribution in [1.82, 2.24) is 0 Å². The minimum atomic E-state index is -4.30. The minimum Gasteiger partial charge on any atom is -0.497 e. The number of hydrogen-bond donors (Lipinski definition) is 3. The van der Waals surface area contributed by atoms with Crippen LogP contribution in [-0.2, 0) is 14.9 Å². The van der Waals surface area contributed by atoms with Crippen LogP contribution in [0.3, 0.4) is 0 Å². The Morgan fingerprint density at radius 3 is 2.78 bits per heavy atom. The summed E-state index contributed by atoms with van der Waals surface area (Å²) in [6.07, 6.45) is -0.764. The van der Waals surface area contributed by atoms with Crippen LogP contribution in [0.5, 0.6) is 5.75 Å². The molecule has 0 spiro atoms. The summed E-state index contributed by atoms with van der Waals surface area (Å²) in [4.78, 5) is 11.1. The zero-order valence-corrected chi connectivity index (χ0v) is 15.7. The van der Waals surface area contributed by atoms with Crippen molar-refractivity contribution < 1.29 is 36.8 Å². The topological polar surface area (TPSA) is 136 Å². The lowest BCUT2D eigenvalue weighted by molar-refractivity contribution is -0.918. The number of quaternary nitrogens is 1. The lowest BCUT2D eigenvalue weighted by atomic mass is 9.96. The van der Waals surface area contributed by atoms with E-state index in [-0.39, 0.29) is 17.4 Å². The summed E-state index contributed by atoms with van der Waals surface area (Å²) in [5, 5.41) is 12.1. The van der Waals surface area contributed by atoms with Crippen molar-refractivity contribution in [3.8, 4) is 5.75 Å². The van der Waals surface area contributed by atoms with Gasteiger partial charge in [0.05, 0.1) is 13.7 Å². The second-order valence-corrected chi connectivity index (χ2v) is 8.49. The van der Waals surface area contributed by atoms with Gasteiger partial charge in [-0.05, 0) is 28.6 Å². The number of nitrogens with two attached hydrogens (primary N) is 1. The average Bonchev–Trinajstić information content (AvgIpc) is 2.54. The Bertz CT molecular complexity index is 975. The number of methoxy groups -OCH3 is 1. The summed E-state index contributed by atoms with van der Waals surface area (Å²) in [6, 6.07) is 5.61. The number of hydrogen-bond acceptors (Lipinski definition) is 6. The van der Waals surface area contributed by atoms with E-state index in [2.05, 4.69) is 0 Å². The molecule has 27 heavy (non-hydrogen) atoms. The molecule has 9 nitrogen and oxygen atoms in total. The first-order chi connectivity index (χ1) is 12.6. The van der Waals surface area contributed by atoms with Gasteiger partial charge in [0.25, 0.3) is 0 Å². The number of benzene rings is 1. The summed E-state index contributed by atoms with van der Waals surface area (Å²) in [7, 11) is -2.74. The van der Waals surface area contributed by atoms with Crippen molar-refractivity contribution in [2.45, 2.75) is 18.6 Å². The molecule has 4 N–H and O–H groups in total. The van der Waals surface area contributed by atoms with Gasteiger partial charge in [-0.1, -0.05) is 6.07 Å². The van der Waals surface area contributed by atoms with E-state index < -0.39 is 34.3 Å². The molecule has 1 heterocycles. The molecule has 2 aliphatic rings. The molecular weight excluding hydrogens is 376 g/mol. The molecule has 0 saturated carbocycles. The number of ether oxygens (including phenoxy) is 2. The highest BCUT2D eigenvalue weighted by molar-refractivity contribution is 7.85. The lowest BCUT2D eigenvalue weighted by Gasteiger charge is -2.45. The lowest BCUT2D eigenvalue weighted by Crippen LogP contribution is -2.63. The second kappa shape index (κ2) is 7.12. The van der Waals surface area contributed by atoms with E-state index in [1.807, 2.05) is 24.3 Å². The number of likely N-dealkylation sites (tertiary alicyclic amines) is 1. The van der Waals surface area contributed by atoms with Gasteiger partial charge in [-0.15, -0.1) is 0 Å². The molecule has 0 radical (unpaired) electrons. The predicted octanol–water partition coefficient (Wildman–Crippen LogP) is -1.47. The normalized spacial score (nSPS) is 27.1. The fourth-order valence-corrected chi connectivity index (χ4v) is 4.87. The molecule has 1 amide bonds. The second-order valence-electron chi connectivity index (χ2n) is 7.07. The van der Waals surface area contributed by atoms with E-state index in [0.29, 0.717) is 18.8 Å². The number of fused-ring (bicyclic) bond motifs is 1. The average molecular weight is 399 g/mol. The number of rotatable bonds is 6. The predicted molar refractivity (Wildman–Crippen MR) is 96.5 cm³/mol. The van der Waals surface area contributed by atoms with Gasteiger partial charge in [0, 0.05) is 12.0 Å². The highest BCUT2D eigenvalue weighted by Crippen LogP contribution is 2.26. The molecule has 1 fully saturated rings. The van der Waals surface area contributed by atoms with Gasteiger partial charge in [0.1, 0.15) is 24.9 Å². The van der Waals surface area contributed by atoms with Crippen molar-refractivity contribution in [2.24, 2.45) is 5.73 Å². The summed E-state index contributed by atoms with van der Waals surface area (Å²) in [5.41, 5.74) is 5.97. The zero-order valence-electron chi connectivity index (χ0n) is 14.9. The number of piperidine rings is 1. The number of amides is 1. The number of aliphatic hydroxyl groups is 1. The summed E-state index contributed by atoms with van der Waals surface area (Å²) in [6.45, 7) is 0.627. The molecule has 1 aliphatic heterocycles. The van der Waals surface area contributed by atoms with Crippen molar-refractivity contribution in [3.05, 3.63) is 28.6 Å².